The molecule has 1 N–H and O–H groups in total. The normalized spacial score (nSPS) is 16.3. The largest absolute Gasteiger partial charge is 0.352 e. The molecule has 1 fully saturated rings. The number of likely N-dealkylation sites (tertiary alicyclic amines) is 1. The molecule has 1 saturated heterocycles. The molecule has 0 spiro atoms. The lowest BCUT2D eigenvalue weighted by Gasteiger charge is -2.25. The van der Waals surface area contributed by atoms with Gasteiger partial charge in [0.1, 0.15) is 0 Å². The number of anilines is 1. The number of rotatable bonds is 6. The van der Waals surface area contributed by atoms with Crippen LogP contribution in [0.2, 0.25) is 0 Å². The minimum Gasteiger partial charge on any atom is -0.352 e. The number of hydrogen-bond donors (Lipinski definition) is 1. The number of nitrogens with zero attached hydrogens (tertiary/aromatic N) is 5. The van der Waals surface area contributed by atoms with Gasteiger partial charge in [-0.1, -0.05) is 31.1 Å². The average molecular weight is 471 g/mol. The molecule has 1 aliphatic heterocycles. The van der Waals surface area contributed by atoms with Crippen LogP contribution in [-0.4, -0.2) is 50.0 Å². The van der Waals surface area contributed by atoms with Gasteiger partial charge in [-0.2, -0.15) is 4.98 Å². The maximum Gasteiger partial charge on any atom is 0.258 e. The maximum atomic E-state index is 13.4. The van der Waals surface area contributed by atoms with Gasteiger partial charge in [-0.25, -0.2) is 9.97 Å². The number of aromatic nitrogens is 4. The topological polar surface area (TPSA) is 97.0 Å². The highest BCUT2D eigenvalue weighted by atomic mass is 79.9. The summed E-state index contributed by atoms with van der Waals surface area (Å²) in [5, 5.41) is 7.27. The third kappa shape index (κ3) is 4.35. The fourth-order valence-electron chi connectivity index (χ4n) is 3.52. The van der Waals surface area contributed by atoms with Gasteiger partial charge >= 0.3 is 0 Å². The molecule has 0 unspecified atom stereocenters. The molecule has 2 aromatic heterocycles. The molecule has 1 atom stereocenters. The van der Waals surface area contributed by atoms with Crippen molar-refractivity contribution in [3.63, 3.8) is 0 Å². The first kappa shape index (κ1) is 20.5. The molecule has 9 heteroatoms. The van der Waals surface area contributed by atoms with E-state index in [1.807, 2.05) is 43.0 Å². The van der Waals surface area contributed by atoms with Crippen molar-refractivity contribution in [2.75, 3.05) is 18.4 Å². The van der Waals surface area contributed by atoms with Crippen LogP contribution in [0, 0.1) is 0 Å². The molecular formula is C21H23BrN6O2. The summed E-state index contributed by atoms with van der Waals surface area (Å²) in [6, 6.07) is 7.46. The average Bonchev–Trinajstić information content (AvgIpc) is 3.43. The molecule has 3 aromatic rings. The van der Waals surface area contributed by atoms with Crippen LogP contribution in [-0.2, 0) is 0 Å². The SMILES string of the molecule is CC(C)c1noc(-c2ccccc2C(=O)N2CCC[C@H]2CNc2ncc(Br)cn2)n1. The first-order chi connectivity index (χ1) is 14.5. The lowest BCUT2D eigenvalue weighted by Crippen LogP contribution is -2.40. The molecule has 8 nitrogen and oxygen atoms in total. The van der Waals surface area contributed by atoms with Crippen molar-refractivity contribution in [2.24, 2.45) is 0 Å². The summed E-state index contributed by atoms with van der Waals surface area (Å²) < 4.78 is 6.27. The highest BCUT2D eigenvalue weighted by Gasteiger charge is 2.31. The van der Waals surface area contributed by atoms with Gasteiger partial charge in [0.2, 0.25) is 5.95 Å². The summed E-state index contributed by atoms with van der Waals surface area (Å²) in [5.74, 6) is 1.67. The Labute approximate surface area is 183 Å². The van der Waals surface area contributed by atoms with Crippen molar-refractivity contribution < 1.29 is 9.32 Å². The minimum atomic E-state index is -0.0316. The smallest absolute Gasteiger partial charge is 0.258 e. The zero-order chi connectivity index (χ0) is 21.1. The van der Waals surface area contributed by atoms with E-state index in [1.165, 1.54) is 0 Å². The van der Waals surface area contributed by atoms with E-state index >= 15 is 0 Å². The Bertz CT molecular complexity index is 1020. The predicted octanol–water partition coefficient (Wildman–Crippen LogP) is 4.13. The van der Waals surface area contributed by atoms with E-state index in [2.05, 4.69) is 41.4 Å². The monoisotopic (exact) mass is 470 g/mol. The van der Waals surface area contributed by atoms with Gasteiger partial charge in [0.05, 0.1) is 15.6 Å². The van der Waals surface area contributed by atoms with Crippen molar-refractivity contribution in [1.82, 2.24) is 25.0 Å². The summed E-state index contributed by atoms with van der Waals surface area (Å²) in [4.78, 5) is 28.3. The van der Waals surface area contributed by atoms with E-state index in [-0.39, 0.29) is 17.9 Å². The number of halogens is 1. The lowest BCUT2D eigenvalue weighted by atomic mass is 10.1. The molecule has 1 aromatic carbocycles. The van der Waals surface area contributed by atoms with E-state index in [4.69, 9.17) is 4.52 Å². The molecule has 1 amide bonds. The number of carbonyl (C=O) groups excluding carboxylic acids is 1. The van der Waals surface area contributed by atoms with Crippen LogP contribution in [0.3, 0.4) is 0 Å². The second kappa shape index (κ2) is 8.91. The first-order valence-electron chi connectivity index (χ1n) is 9.98. The summed E-state index contributed by atoms with van der Waals surface area (Å²) >= 11 is 3.33. The maximum absolute atomic E-state index is 13.4. The molecule has 0 saturated carbocycles. The van der Waals surface area contributed by atoms with E-state index in [9.17, 15) is 4.79 Å². The predicted molar refractivity (Wildman–Crippen MR) is 116 cm³/mol. The van der Waals surface area contributed by atoms with Gasteiger partial charge in [0, 0.05) is 37.4 Å². The van der Waals surface area contributed by atoms with Crippen molar-refractivity contribution in [3.8, 4) is 11.5 Å². The standard InChI is InChI=1S/C21H23BrN6O2/c1-13(2)18-26-19(30-27-18)16-7-3-4-8-17(16)20(29)28-9-5-6-15(28)12-25-21-23-10-14(22)11-24-21/h3-4,7-8,10-11,13,15H,5-6,9,12H2,1-2H3,(H,23,24,25)/t15-/m0/s1. The van der Waals surface area contributed by atoms with Gasteiger partial charge in [0.15, 0.2) is 5.82 Å². The minimum absolute atomic E-state index is 0.0316. The van der Waals surface area contributed by atoms with Crippen molar-refractivity contribution in [3.05, 3.63) is 52.5 Å². The summed E-state index contributed by atoms with van der Waals surface area (Å²) in [7, 11) is 0. The molecule has 0 radical (unpaired) electrons. The molecular weight excluding hydrogens is 448 g/mol. The van der Waals surface area contributed by atoms with Crippen LogP contribution < -0.4 is 5.32 Å². The Morgan fingerprint density at radius 1 is 1.30 bits per heavy atom. The number of hydrogen-bond acceptors (Lipinski definition) is 7. The zero-order valence-electron chi connectivity index (χ0n) is 16.9. The molecule has 156 valence electrons. The fraction of sp³-hybridized carbons (Fsp3) is 0.381. The molecule has 4 rings (SSSR count). The van der Waals surface area contributed by atoms with Crippen LogP contribution in [0.5, 0.6) is 0 Å². The van der Waals surface area contributed by atoms with Gasteiger partial charge in [-0.05, 0) is 40.9 Å². The molecule has 3 heterocycles. The molecule has 0 aliphatic carbocycles. The number of amides is 1. The number of benzene rings is 1. The number of carbonyl (C=O) groups is 1. The van der Waals surface area contributed by atoms with Crippen molar-refractivity contribution in [2.45, 2.75) is 38.6 Å². The van der Waals surface area contributed by atoms with Crippen LogP contribution >= 0.6 is 15.9 Å². The fourth-order valence-corrected chi connectivity index (χ4v) is 3.72. The highest BCUT2D eigenvalue weighted by molar-refractivity contribution is 9.10. The van der Waals surface area contributed by atoms with E-state index in [0.29, 0.717) is 41.9 Å². The van der Waals surface area contributed by atoms with Gasteiger partial charge in [0.25, 0.3) is 11.8 Å². The first-order valence-corrected chi connectivity index (χ1v) is 10.8. The molecule has 30 heavy (non-hydrogen) atoms. The summed E-state index contributed by atoms with van der Waals surface area (Å²) in [5.41, 5.74) is 1.24. The summed E-state index contributed by atoms with van der Waals surface area (Å²) in [6.07, 6.45) is 5.27. The third-order valence-electron chi connectivity index (χ3n) is 5.10. The second-order valence-electron chi connectivity index (χ2n) is 7.56. The van der Waals surface area contributed by atoms with Crippen LogP contribution in [0.15, 0.2) is 45.7 Å². The third-order valence-corrected chi connectivity index (χ3v) is 5.51. The van der Waals surface area contributed by atoms with Crippen LogP contribution in [0.25, 0.3) is 11.5 Å². The van der Waals surface area contributed by atoms with Crippen LogP contribution in [0.4, 0.5) is 5.95 Å². The van der Waals surface area contributed by atoms with Gasteiger partial charge in [-0.3, -0.25) is 4.79 Å². The highest BCUT2D eigenvalue weighted by Crippen LogP contribution is 2.27. The Hall–Kier alpha value is -2.81. The Morgan fingerprint density at radius 2 is 2.07 bits per heavy atom. The van der Waals surface area contributed by atoms with Crippen molar-refractivity contribution in [1.29, 1.82) is 0 Å². The molecule has 0 bridgehead atoms. The van der Waals surface area contributed by atoms with Gasteiger partial charge < -0.3 is 14.7 Å². The quantitative estimate of drug-likeness (QED) is 0.578. The molecule has 1 aliphatic rings. The zero-order valence-corrected chi connectivity index (χ0v) is 18.5. The Balaban J connectivity index is 1.52. The Morgan fingerprint density at radius 3 is 2.80 bits per heavy atom. The van der Waals surface area contributed by atoms with E-state index in [1.54, 1.807) is 12.4 Å². The van der Waals surface area contributed by atoms with Gasteiger partial charge in [-0.15, -0.1) is 0 Å². The van der Waals surface area contributed by atoms with E-state index < -0.39 is 0 Å². The van der Waals surface area contributed by atoms with E-state index in [0.717, 1.165) is 17.3 Å². The number of nitrogens with one attached hydrogen (secondary N) is 1. The Kier molecular flexibility index (Phi) is 6.08. The lowest BCUT2D eigenvalue weighted by molar-refractivity contribution is 0.0744. The van der Waals surface area contributed by atoms with Crippen LogP contribution in [0.1, 0.15) is 48.8 Å². The van der Waals surface area contributed by atoms with Crippen molar-refractivity contribution >= 4 is 27.8 Å². The summed E-state index contributed by atoms with van der Waals surface area (Å²) in [6.45, 7) is 5.31. The second-order valence-corrected chi connectivity index (χ2v) is 8.47.